The van der Waals surface area contributed by atoms with E-state index in [4.69, 9.17) is 11.6 Å². The smallest absolute Gasteiger partial charge is 0.123 e. The van der Waals surface area contributed by atoms with Gasteiger partial charge in [0.05, 0.1) is 6.04 Å². The number of rotatable bonds is 3. The summed E-state index contributed by atoms with van der Waals surface area (Å²) >= 11 is 9.57. The Morgan fingerprint density at radius 2 is 1.89 bits per heavy atom. The van der Waals surface area contributed by atoms with Crippen LogP contribution in [0.1, 0.15) is 22.7 Å². The molecule has 0 aliphatic carbocycles. The third-order valence-electron chi connectivity index (χ3n) is 3.11. The van der Waals surface area contributed by atoms with Gasteiger partial charge in [0, 0.05) is 9.50 Å². The monoisotopic (exact) mass is 341 g/mol. The topological polar surface area (TPSA) is 12.0 Å². The zero-order valence-electron chi connectivity index (χ0n) is 10.7. The van der Waals surface area contributed by atoms with Crippen LogP contribution in [0.25, 0.3) is 0 Å². The summed E-state index contributed by atoms with van der Waals surface area (Å²) < 4.78 is 14.4. The van der Waals surface area contributed by atoms with Gasteiger partial charge in [-0.05, 0) is 61.0 Å². The number of aryl methyl sites for hydroxylation is 1. The maximum atomic E-state index is 13.5. The number of halogens is 3. The van der Waals surface area contributed by atoms with Gasteiger partial charge >= 0.3 is 0 Å². The van der Waals surface area contributed by atoms with E-state index >= 15 is 0 Å². The maximum Gasteiger partial charge on any atom is 0.123 e. The molecule has 0 radical (unpaired) electrons. The molecular formula is C15H14BrClFN. The van der Waals surface area contributed by atoms with Gasteiger partial charge < -0.3 is 5.32 Å². The summed E-state index contributed by atoms with van der Waals surface area (Å²) in [5, 5.41) is 3.88. The highest BCUT2D eigenvalue weighted by Crippen LogP contribution is 2.32. The average molecular weight is 343 g/mol. The van der Waals surface area contributed by atoms with Crippen LogP contribution >= 0.6 is 27.5 Å². The summed E-state index contributed by atoms with van der Waals surface area (Å²) in [6.45, 7) is 1.97. The quantitative estimate of drug-likeness (QED) is 0.840. The fourth-order valence-corrected chi connectivity index (χ4v) is 2.79. The first-order valence-corrected chi connectivity index (χ1v) is 7.08. The van der Waals surface area contributed by atoms with Crippen LogP contribution in [0.15, 0.2) is 40.9 Å². The molecular weight excluding hydrogens is 329 g/mol. The van der Waals surface area contributed by atoms with Gasteiger partial charge in [-0.3, -0.25) is 0 Å². The van der Waals surface area contributed by atoms with Gasteiger partial charge in [-0.25, -0.2) is 4.39 Å². The van der Waals surface area contributed by atoms with Crippen LogP contribution in [0.2, 0.25) is 5.02 Å². The van der Waals surface area contributed by atoms with Crippen LogP contribution in [0.3, 0.4) is 0 Å². The highest BCUT2D eigenvalue weighted by Gasteiger charge is 2.18. The Balaban J connectivity index is 2.55. The van der Waals surface area contributed by atoms with Crippen molar-refractivity contribution in [3.63, 3.8) is 0 Å². The number of benzene rings is 2. The van der Waals surface area contributed by atoms with Crippen LogP contribution in [0.4, 0.5) is 4.39 Å². The molecule has 1 nitrogen and oxygen atoms in total. The van der Waals surface area contributed by atoms with Crippen molar-refractivity contribution in [3.05, 3.63) is 68.4 Å². The zero-order chi connectivity index (χ0) is 14.0. The predicted molar refractivity (Wildman–Crippen MR) is 81.2 cm³/mol. The Morgan fingerprint density at radius 1 is 1.16 bits per heavy atom. The minimum Gasteiger partial charge on any atom is -0.309 e. The Morgan fingerprint density at radius 3 is 2.58 bits per heavy atom. The molecule has 2 aromatic carbocycles. The first kappa shape index (κ1) is 14.5. The molecule has 2 rings (SSSR count). The minimum absolute atomic E-state index is 0.108. The third-order valence-corrected chi connectivity index (χ3v) is 4.07. The Labute approximate surface area is 125 Å². The minimum atomic E-state index is -0.237. The van der Waals surface area contributed by atoms with Gasteiger partial charge in [-0.15, -0.1) is 0 Å². The SMILES string of the molecule is CNC(c1cc(F)ccc1C)c1cc(Cl)ccc1Br. The molecule has 19 heavy (non-hydrogen) atoms. The lowest BCUT2D eigenvalue weighted by atomic mass is 9.95. The first-order chi connectivity index (χ1) is 9.02. The molecule has 0 aromatic heterocycles. The largest absolute Gasteiger partial charge is 0.309 e. The highest BCUT2D eigenvalue weighted by atomic mass is 79.9. The molecule has 0 aliphatic rings. The molecule has 4 heteroatoms. The summed E-state index contributed by atoms with van der Waals surface area (Å²) in [7, 11) is 1.85. The molecule has 1 atom stereocenters. The lowest BCUT2D eigenvalue weighted by Gasteiger charge is -2.21. The second kappa shape index (κ2) is 6.04. The Bertz CT molecular complexity index is 549. The Hall–Kier alpha value is -0.900. The molecule has 0 bridgehead atoms. The first-order valence-electron chi connectivity index (χ1n) is 5.91. The summed E-state index contributed by atoms with van der Waals surface area (Å²) in [5.74, 6) is -0.237. The van der Waals surface area contributed by atoms with E-state index in [1.54, 1.807) is 12.1 Å². The molecule has 0 saturated carbocycles. The van der Waals surface area contributed by atoms with Crippen LogP contribution in [-0.2, 0) is 0 Å². The second-order valence-corrected chi connectivity index (χ2v) is 5.68. The van der Waals surface area contributed by atoms with E-state index in [1.165, 1.54) is 6.07 Å². The number of nitrogens with one attached hydrogen (secondary N) is 1. The molecule has 0 aliphatic heterocycles. The van der Waals surface area contributed by atoms with Crippen molar-refractivity contribution in [1.29, 1.82) is 0 Å². The maximum absolute atomic E-state index is 13.5. The molecule has 100 valence electrons. The third kappa shape index (κ3) is 3.16. The summed E-state index contributed by atoms with van der Waals surface area (Å²) in [6, 6.07) is 10.3. The molecule has 0 spiro atoms. The van der Waals surface area contributed by atoms with E-state index in [-0.39, 0.29) is 11.9 Å². The number of hydrogen-bond acceptors (Lipinski definition) is 1. The van der Waals surface area contributed by atoms with Crippen molar-refractivity contribution < 1.29 is 4.39 Å². The lowest BCUT2D eigenvalue weighted by molar-refractivity contribution is 0.614. The molecule has 0 fully saturated rings. The molecule has 0 heterocycles. The zero-order valence-corrected chi connectivity index (χ0v) is 13.0. The molecule has 0 amide bonds. The van der Waals surface area contributed by atoms with E-state index in [0.29, 0.717) is 5.02 Å². The molecule has 2 aromatic rings. The average Bonchev–Trinajstić information content (AvgIpc) is 2.38. The van der Waals surface area contributed by atoms with Crippen LogP contribution in [0.5, 0.6) is 0 Å². The van der Waals surface area contributed by atoms with Crippen LogP contribution in [-0.4, -0.2) is 7.05 Å². The molecule has 1 N–H and O–H groups in total. The molecule has 1 unspecified atom stereocenters. The van der Waals surface area contributed by atoms with Crippen molar-refractivity contribution in [2.75, 3.05) is 7.05 Å². The fraction of sp³-hybridized carbons (Fsp3) is 0.200. The molecule has 0 saturated heterocycles. The van der Waals surface area contributed by atoms with Gasteiger partial charge in [0.1, 0.15) is 5.82 Å². The van der Waals surface area contributed by atoms with Crippen molar-refractivity contribution >= 4 is 27.5 Å². The van der Waals surface area contributed by atoms with Gasteiger partial charge in [0.15, 0.2) is 0 Å². The van der Waals surface area contributed by atoms with Gasteiger partial charge in [-0.1, -0.05) is 33.6 Å². The Kier molecular flexibility index (Phi) is 4.61. The summed E-state index contributed by atoms with van der Waals surface area (Å²) in [5.41, 5.74) is 2.93. The second-order valence-electron chi connectivity index (χ2n) is 4.39. The fourth-order valence-electron chi connectivity index (χ4n) is 2.14. The summed E-state index contributed by atoms with van der Waals surface area (Å²) in [6.07, 6.45) is 0. The summed E-state index contributed by atoms with van der Waals surface area (Å²) in [4.78, 5) is 0. The highest BCUT2D eigenvalue weighted by molar-refractivity contribution is 9.10. The van der Waals surface area contributed by atoms with E-state index in [9.17, 15) is 4.39 Å². The van der Waals surface area contributed by atoms with Crippen LogP contribution < -0.4 is 5.32 Å². The lowest BCUT2D eigenvalue weighted by Crippen LogP contribution is -2.19. The van der Waals surface area contributed by atoms with Crippen molar-refractivity contribution in [2.24, 2.45) is 0 Å². The number of hydrogen-bond donors (Lipinski definition) is 1. The normalized spacial score (nSPS) is 12.5. The van der Waals surface area contributed by atoms with Gasteiger partial charge in [-0.2, -0.15) is 0 Å². The van der Waals surface area contributed by atoms with Gasteiger partial charge in [0.2, 0.25) is 0 Å². The standard InChI is InChI=1S/C15H14BrClFN/c1-9-3-5-11(18)8-12(9)15(19-2)13-7-10(17)4-6-14(13)16/h3-8,15,19H,1-2H3. The van der Waals surface area contributed by atoms with E-state index < -0.39 is 0 Å². The van der Waals surface area contributed by atoms with Crippen LogP contribution in [0, 0.1) is 12.7 Å². The van der Waals surface area contributed by atoms with E-state index in [1.807, 2.05) is 32.2 Å². The van der Waals surface area contributed by atoms with Crippen molar-refractivity contribution in [3.8, 4) is 0 Å². The van der Waals surface area contributed by atoms with E-state index in [0.717, 1.165) is 21.2 Å². The predicted octanol–water partition coefficient (Wildman–Crippen LogP) is 4.86. The van der Waals surface area contributed by atoms with Crippen molar-refractivity contribution in [1.82, 2.24) is 5.32 Å². The van der Waals surface area contributed by atoms with Crippen molar-refractivity contribution in [2.45, 2.75) is 13.0 Å². The van der Waals surface area contributed by atoms with E-state index in [2.05, 4.69) is 21.2 Å². The van der Waals surface area contributed by atoms with Gasteiger partial charge in [0.25, 0.3) is 0 Å².